The predicted molar refractivity (Wildman–Crippen MR) is 81.9 cm³/mol. The van der Waals surface area contributed by atoms with Crippen LogP contribution in [-0.4, -0.2) is 19.3 Å². The van der Waals surface area contributed by atoms with Crippen LogP contribution < -0.4 is 10.5 Å². The summed E-state index contributed by atoms with van der Waals surface area (Å²) in [6.45, 7) is 5.76. The van der Waals surface area contributed by atoms with Crippen LogP contribution in [0, 0.1) is 5.92 Å². The van der Waals surface area contributed by atoms with Crippen LogP contribution >= 0.6 is 0 Å². The fraction of sp³-hybridized carbons (Fsp3) is 0.647. The number of hydrogen-bond donors (Lipinski definition) is 1. The minimum atomic E-state index is 0.128. The first-order valence-electron chi connectivity index (χ1n) is 7.82. The zero-order valence-electron chi connectivity index (χ0n) is 12.7. The molecule has 2 rings (SSSR count). The second-order valence-electron chi connectivity index (χ2n) is 5.67. The van der Waals surface area contributed by atoms with Crippen LogP contribution in [0.2, 0.25) is 0 Å². The van der Waals surface area contributed by atoms with Gasteiger partial charge in [-0.05, 0) is 56.2 Å². The molecule has 0 aliphatic heterocycles. The van der Waals surface area contributed by atoms with E-state index in [1.807, 2.05) is 12.1 Å². The van der Waals surface area contributed by atoms with Crippen LogP contribution in [0.15, 0.2) is 24.3 Å². The Labute approximate surface area is 122 Å². The Kier molecular flexibility index (Phi) is 5.86. The number of benzene rings is 1. The van der Waals surface area contributed by atoms with Gasteiger partial charge in [0.1, 0.15) is 5.75 Å². The van der Waals surface area contributed by atoms with Crippen molar-refractivity contribution >= 4 is 0 Å². The van der Waals surface area contributed by atoms with E-state index in [2.05, 4.69) is 26.0 Å². The molecule has 0 bridgehead atoms. The number of hydrogen-bond acceptors (Lipinski definition) is 3. The molecule has 1 saturated carbocycles. The van der Waals surface area contributed by atoms with E-state index < -0.39 is 0 Å². The summed E-state index contributed by atoms with van der Waals surface area (Å²) in [4.78, 5) is 0. The van der Waals surface area contributed by atoms with Gasteiger partial charge < -0.3 is 15.2 Å². The topological polar surface area (TPSA) is 44.5 Å². The molecule has 0 saturated heterocycles. The molecule has 1 unspecified atom stereocenters. The highest BCUT2D eigenvalue weighted by Gasteiger charge is 2.30. The normalized spacial score (nSPS) is 23.1. The molecule has 0 heterocycles. The summed E-state index contributed by atoms with van der Waals surface area (Å²) in [7, 11) is 0. The van der Waals surface area contributed by atoms with Gasteiger partial charge in [-0.3, -0.25) is 0 Å². The van der Waals surface area contributed by atoms with E-state index in [1.165, 1.54) is 18.4 Å². The van der Waals surface area contributed by atoms with Crippen LogP contribution in [0.25, 0.3) is 0 Å². The summed E-state index contributed by atoms with van der Waals surface area (Å²) in [5.74, 6) is 1.65. The maximum Gasteiger partial charge on any atom is 0.119 e. The Bertz CT molecular complexity index is 384. The van der Waals surface area contributed by atoms with Gasteiger partial charge in [0.05, 0.1) is 12.7 Å². The van der Waals surface area contributed by atoms with Crippen molar-refractivity contribution in [3.05, 3.63) is 29.8 Å². The Morgan fingerprint density at radius 3 is 2.50 bits per heavy atom. The summed E-state index contributed by atoms with van der Waals surface area (Å²) in [5, 5.41) is 0. The lowest BCUT2D eigenvalue weighted by molar-refractivity contribution is -0.0282. The lowest BCUT2D eigenvalue weighted by atomic mass is 9.77. The van der Waals surface area contributed by atoms with E-state index in [0.29, 0.717) is 6.10 Å². The average molecular weight is 277 g/mol. The highest BCUT2D eigenvalue weighted by atomic mass is 16.5. The van der Waals surface area contributed by atoms with Gasteiger partial charge in [0.15, 0.2) is 0 Å². The van der Waals surface area contributed by atoms with E-state index in [9.17, 15) is 0 Å². The van der Waals surface area contributed by atoms with Crippen LogP contribution in [0.3, 0.4) is 0 Å². The van der Waals surface area contributed by atoms with Gasteiger partial charge in [-0.2, -0.15) is 0 Å². The fourth-order valence-corrected chi connectivity index (χ4v) is 2.77. The van der Waals surface area contributed by atoms with Crippen molar-refractivity contribution in [2.24, 2.45) is 11.7 Å². The maximum absolute atomic E-state index is 6.29. The monoisotopic (exact) mass is 277 g/mol. The van der Waals surface area contributed by atoms with Gasteiger partial charge >= 0.3 is 0 Å². The van der Waals surface area contributed by atoms with Crippen molar-refractivity contribution < 1.29 is 9.47 Å². The van der Waals surface area contributed by atoms with Crippen LogP contribution in [0.5, 0.6) is 5.75 Å². The van der Waals surface area contributed by atoms with Crippen molar-refractivity contribution in [3.8, 4) is 5.75 Å². The molecule has 20 heavy (non-hydrogen) atoms. The quantitative estimate of drug-likeness (QED) is 0.788. The van der Waals surface area contributed by atoms with Gasteiger partial charge in [-0.15, -0.1) is 0 Å². The maximum atomic E-state index is 6.29. The highest BCUT2D eigenvalue weighted by Crippen LogP contribution is 2.36. The average Bonchev–Trinajstić information content (AvgIpc) is 2.43. The minimum absolute atomic E-state index is 0.128. The second-order valence-corrected chi connectivity index (χ2v) is 5.67. The van der Waals surface area contributed by atoms with Crippen molar-refractivity contribution in [1.82, 2.24) is 0 Å². The van der Waals surface area contributed by atoms with Crippen molar-refractivity contribution in [3.63, 3.8) is 0 Å². The largest absolute Gasteiger partial charge is 0.494 e. The summed E-state index contributed by atoms with van der Waals surface area (Å²) in [6.07, 6.45) is 4.89. The molecular formula is C17H27NO2. The van der Waals surface area contributed by atoms with E-state index in [-0.39, 0.29) is 6.04 Å². The predicted octanol–water partition coefficient (Wildman–Crippen LogP) is 3.68. The molecule has 1 aliphatic carbocycles. The smallest absolute Gasteiger partial charge is 0.119 e. The summed E-state index contributed by atoms with van der Waals surface area (Å²) in [5.41, 5.74) is 7.50. The molecule has 1 aromatic carbocycles. The molecule has 0 aromatic heterocycles. The van der Waals surface area contributed by atoms with E-state index in [1.54, 1.807) is 0 Å². The number of ether oxygens (including phenoxy) is 2. The Morgan fingerprint density at radius 1 is 1.20 bits per heavy atom. The Balaban J connectivity index is 1.76. The van der Waals surface area contributed by atoms with Crippen LogP contribution in [0.4, 0.5) is 0 Å². The molecule has 0 radical (unpaired) electrons. The Hall–Kier alpha value is -1.06. The molecule has 112 valence electrons. The molecule has 0 amide bonds. The van der Waals surface area contributed by atoms with Gasteiger partial charge in [0.2, 0.25) is 0 Å². The van der Waals surface area contributed by atoms with Crippen molar-refractivity contribution in [2.75, 3.05) is 13.2 Å². The standard InChI is InChI=1S/C17H27NO2/c1-3-9-20-15-7-5-14(6-8-15)17(18)12-13-10-16(11-13)19-4-2/h5-8,13,16-17H,3-4,9-12,18H2,1-2H3. The summed E-state index contributed by atoms with van der Waals surface area (Å²) in [6, 6.07) is 8.36. The first kappa shape index (κ1) is 15.3. The van der Waals surface area contributed by atoms with Crippen LogP contribution in [0.1, 0.15) is 51.1 Å². The molecule has 3 heteroatoms. The third-order valence-corrected chi connectivity index (χ3v) is 3.96. The molecule has 2 N–H and O–H groups in total. The van der Waals surface area contributed by atoms with Crippen LogP contribution in [-0.2, 0) is 4.74 Å². The zero-order valence-corrected chi connectivity index (χ0v) is 12.7. The molecule has 0 spiro atoms. The third-order valence-electron chi connectivity index (χ3n) is 3.96. The van der Waals surface area contributed by atoms with E-state index in [0.717, 1.165) is 37.7 Å². The molecule has 1 fully saturated rings. The molecule has 1 aliphatic rings. The third kappa shape index (κ3) is 4.22. The van der Waals surface area contributed by atoms with Crippen molar-refractivity contribution in [1.29, 1.82) is 0 Å². The highest BCUT2D eigenvalue weighted by molar-refractivity contribution is 5.29. The molecule has 1 atom stereocenters. The lowest BCUT2D eigenvalue weighted by Gasteiger charge is -2.36. The number of nitrogens with two attached hydrogens (primary N) is 1. The van der Waals surface area contributed by atoms with E-state index >= 15 is 0 Å². The van der Waals surface area contributed by atoms with Gasteiger partial charge in [-0.1, -0.05) is 19.1 Å². The van der Waals surface area contributed by atoms with Gasteiger partial charge in [-0.25, -0.2) is 0 Å². The van der Waals surface area contributed by atoms with Gasteiger partial charge in [0, 0.05) is 12.6 Å². The molecule has 3 nitrogen and oxygen atoms in total. The SMILES string of the molecule is CCCOc1ccc(C(N)CC2CC(OCC)C2)cc1. The molecular weight excluding hydrogens is 250 g/mol. The van der Waals surface area contributed by atoms with Crippen molar-refractivity contribution in [2.45, 2.75) is 51.7 Å². The zero-order chi connectivity index (χ0) is 14.4. The second kappa shape index (κ2) is 7.65. The Morgan fingerprint density at radius 2 is 1.90 bits per heavy atom. The summed E-state index contributed by atoms with van der Waals surface area (Å²) >= 11 is 0. The van der Waals surface area contributed by atoms with Gasteiger partial charge in [0.25, 0.3) is 0 Å². The first-order chi connectivity index (χ1) is 9.72. The minimum Gasteiger partial charge on any atom is -0.494 e. The first-order valence-corrected chi connectivity index (χ1v) is 7.82. The fourth-order valence-electron chi connectivity index (χ4n) is 2.77. The summed E-state index contributed by atoms with van der Waals surface area (Å²) < 4.78 is 11.2. The number of rotatable bonds is 8. The lowest BCUT2D eigenvalue weighted by Crippen LogP contribution is -2.33. The van der Waals surface area contributed by atoms with E-state index in [4.69, 9.17) is 15.2 Å². The molecule has 1 aromatic rings.